The van der Waals surface area contributed by atoms with Crippen LogP contribution >= 0.6 is 0 Å². The zero-order chi connectivity index (χ0) is 8.69. The summed E-state index contributed by atoms with van der Waals surface area (Å²) in [7, 11) is 0. The van der Waals surface area contributed by atoms with Crippen molar-refractivity contribution in [3.8, 4) is 0 Å². The van der Waals surface area contributed by atoms with Crippen LogP contribution in [0.3, 0.4) is 0 Å². The van der Waals surface area contributed by atoms with Crippen molar-refractivity contribution < 1.29 is 9.90 Å². The third kappa shape index (κ3) is 5.58. The number of carbonyl (C=O) groups is 1. The first kappa shape index (κ1) is 10.1. The van der Waals surface area contributed by atoms with Crippen molar-refractivity contribution in [1.29, 1.82) is 0 Å². The van der Waals surface area contributed by atoms with Crippen LogP contribution < -0.4 is 0 Å². The minimum atomic E-state index is -0.741. The first-order valence-electron chi connectivity index (χ1n) is 3.90. The normalized spacial score (nSPS) is 13.6. The van der Waals surface area contributed by atoms with Gasteiger partial charge in [-0.3, -0.25) is 9.79 Å². The second kappa shape index (κ2) is 5.89. The van der Waals surface area contributed by atoms with E-state index in [1.165, 1.54) is 0 Å². The Morgan fingerprint density at radius 2 is 2.36 bits per heavy atom. The van der Waals surface area contributed by atoms with Crippen molar-refractivity contribution in [2.45, 2.75) is 39.2 Å². The Hall–Kier alpha value is -0.860. The van der Waals surface area contributed by atoms with E-state index in [0.29, 0.717) is 6.42 Å². The van der Waals surface area contributed by atoms with Gasteiger partial charge in [-0.1, -0.05) is 6.92 Å². The van der Waals surface area contributed by atoms with Crippen molar-refractivity contribution in [2.24, 2.45) is 4.99 Å². The molecule has 1 N–H and O–H groups in total. The van der Waals surface area contributed by atoms with Crippen molar-refractivity contribution in [3.05, 3.63) is 0 Å². The van der Waals surface area contributed by atoms with Gasteiger partial charge in [-0.05, 0) is 26.0 Å². The number of aliphatic carboxylic acids is 1. The molecule has 0 aliphatic carbocycles. The summed E-state index contributed by atoms with van der Waals surface area (Å²) >= 11 is 0. The van der Waals surface area contributed by atoms with Crippen molar-refractivity contribution >= 4 is 12.2 Å². The van der Waals surface area contributed by atoms with Gasteiger partial charge in [0.15, 0.2) is 0 Å². The number of carboxylic acids is 1. The fraction of sp³-hybridized carbons (Fsp3) is 0.750. The van der Waals surface area contributed by atoms with Crippen LogP contribution in [0.4, 0.5) is 0 Å². The van der Waals surface area contributed by atoms with E-state index in [-0.39, 0.29) is 12.5 Å². The summed E-state index contributed by atoms with van der Waals surface area (Å²) in [6, 6.07) is 0.191. The molecule has 0 aliphatic heterocycles. The topological polar surface area (TPSA) is 49.7 Å². The van der Waals surface area contributed by atoms with Gasteiger partial charge in [0.2, 0.25) is 0 Å². The van der Waals surface area contributed by atoms with E-state index in [9.17, 15) is 4.79 Å². The Morgan fingerprint density at radius 1 is 1.73 bits per heavy atom. The summed E-state index contributed by atoms with van der Waals surface area (Å²) in [5, 5.41) is 8.37. The molecule has 0 saturated carbocycles. The Bertz CT molecular complexity index is 143. The lowest BCUT2D eigenvalue weighted by molar-refractivity contribution is -0.137. The molecule has 0 aromatic rings. The van der Waals surface area contributed by atoms with Crippen LogP contribution in [0.15, 0.2) is 4.99 Å². The van der Waals surface area contributed by atoms with Gasteiger partial charge in [0, 0.05) is 12.5 Å². The van der Waals surface area contributed by atoms with Crippen LogP contribution in [0, 0.1) is 0 Å². The summed E-state index contributed by atoms with van der Waals surface area (Å²) in [5.41, 5.74) is 0. The summed E-state index contributed by atoms with van der Waals surface area (Å²) in [6.07, 6.45) is 3.51. The molecule has 0 saturated heterocycles. The Labute approximate surface area is 67.1 Å². The highest BCUT2D eigenvalue weighted by atomic mass is 16.4. The van der Waals surface area contributed by atoms with Gasteiger partial charge in [-0.15, -0.1) is 0 Å². The van der Waals surface area contributed by atoms with Crippen molar-refractivity contribution in [3.63, 3.8) is 0 Å². The van der Waals surface area contributed by atoms with Crippen LogP contribution in [0.5, 0.6) is 0 Å². The number of hydrogen-bond acceptors (Lipinski definition) is 2. The van der Waals surface area contributed by atoms with Crippen LogP contribution in [0.1, 0.15) is 33.1 Å². The highest BCUT2D eigenvalue weighted by Gasteiger charge is 2.05. The largest absolute Gasteiger partial charge is 0.481 e. The fourth-order valence-electron chi connectivity index (χ4n) is 0.885. The molecule has 0 rings (SSSR count). The Kier molecular flexibility index (Phi) is 5.43. The predicted molar refractivity (Wildman–Crippen MR) is 45.1 cm³/mol. The number of nitrogens with zero attached hydrogens (tertiary/aromatic N) is 1. The molecule has 64 valence electrons. The molecule has 1 atom stereocenters. The number of aliphatic imine (C=N–C) groups is 1. The van der Waals surface area contributed by atoms with E-state index in [0.717, 1.165) is 6.42 Å². The molecule has 0 amide bonds. The van der Waals surface area contributed by atoms with Gasteiger partial charge >= 0.3 is 5.97 Å². The highest BCUT2D eigenvalue weighted by molar-refractivity contribution is 5.66. The Balaban J connectivity index is 3.60. The summed E-state index contributed by atoms with van der Waals surface area (Å²) in [6.45, 7) is 3.86. The maximum atomic E-state index is 10.2. The standard InChI is InChI=1S/C8H15NO2/c1-3-7(9-4-2)5-6-8(10)11/h4,7H,3,5-6H2,1-2H3,(H,10,11). The van der Waals surface area contributed by atoms with E-state index in [1.54, 1.807) is 6.21 Å². The van der Waals surface area contributed by atoms with Crippen LogP contribution in [-0.4, -0.2) is 23.3 Å². The second-order valence-electron chi connectivity index (χ2n) is 2.40. The third-order valence-corrected chi connectivity index (χ3v) is 1.52. The van der Waals surface area contributed by atoms with E-state index >= 15 is 0 Å². The zero-order valence-corrected chi connectivity index (χ0v) is 7.08. The zero-order valence-electron chi connectivity index (χ0n) is 7.08. The maximum absolute atomic E-state index is 10.2. The predicted octanol–water partition coefficient (Wildman–Crippen LogP) is 1.72. The van der Waals surface area contributed by atoms with E-state index in [4.69, 9.17) is 5.11 Å². The third-order valence-electron chi connectivity index (χ3n) is 1.52. The minimum absolute atomic E-state index is 0.191. The summed E-state index contributed by atoms with van der Waals surface area (Å²) in [5.74, 6) is -0.741. The van der Waals surface area contributed by atoms with E-state index < -0.39 is 5.97 Å². The van der Waals surface area contributed by atoms with Gasteiger partial charge in [0.1, 0.15) is 0 Å². The molecule has 3 heteroatoms. The first-order chi connectivity index (χ1) is 5.20. The van der Waals surface area contributed by atoms with Crippen molar-refractivity contribution in [2.75, 3.05) is 0 Å². The van der Waals surface area contributed by atoms with Crippen LogP contribution in [0.2, 0.25) is 0 Å². The molecule has 0 aromatic carbocycles. The Morgan fingerprint density at radius 3 is 2.73 bits per heavy atom. The van der Waals surface area contributed by atoms with Crippen LogP contribution in [0.25, 0.3) is 0 Å². The number of carboxylic acid groups (broad SMARTS) is 1. The second-order valence-corrected chi connectivity index (χ2v) is 2.40. The molecule has 1 unspecified atom stereocenters. The quantitative estimate of drug-likeness (QED) is 0.618. The van der Waals surface area contributed by atoms with Gasteiger partial charge in [-0.25, -0.2) is 0 Å². The molecule has 0 aromatic heterocycles. The monoisotopic (exact) mass is 157 g/mol. The molecule has 0 heterocycles. The number of rotatable bonds is 5. The van der Waals surface area contributed by atoms with E-state index in [1.807, 2.05) is 13.8 Å². The molecule has 0 spiro atoms. The lowest BCUT2D eigenvalue weighted by atomic mass is 10.1. The lowest BCUT2D eigenvalue weighted by Crippen LogP contribution is -2.06. The number of hydrogen-bond donors (Lipinski definition) is 1. The first-order valence-corrected chi connectivity index (χ1v) is 3.90. The molecule has 0 bridgehead atoms. The fourth-order valence-corrected chi connectivity index (χ4v) is 0.885. The maximum Gasteiger partial charge on any atom is 0.303 e. The van der Waals surface area contributed by atoms with Gasteiger partial charge in [0.25, 0.3) is 0 Å². The molecule has 0 fully saturated rings. The SMILES string of the molecule is CC=NC(CC)CCC(=O)O. The van der Waals surface area contributed by atoms with Crippen molar-refractivity contribution in [1.82, 2.24) is 0 Å². The van der Waals surface area contributed by atoms with Gasteiger partial charge in [-0.2, -0.15) is 0 Å². The molecular formula is C8H15NO2. The van der Waals surface area contributed by atoms with Gasteiger partial charge < -0.3 is 5.11 Å². The minimum Gasteiger partial charge on any atom is -0.481 e. The van der Waals surface area contributed by atoms with Crippen LogP contribution in [-0.2, 0) is 4.79 Å². The average molecular weight is 157 g/mol. The van der Waals surface area contributed by atoms with E-state index in [2.05, 4.69) is 4.99 Å². The highest BCUT2D eigenvalue weighted by Crippen LogP contribution is 2.05. The molecule has 11 heavy (non-hydrogen) atoms. The molecular weight excluding hydrogens is 142 g/mol. The lowest BCUT2D eigenvalue weighted by Gasteiger charge is -2.05. The molecule has 0 radical (unpaired) electrons. The average Bonchev–Trinajstić information content (AvgIpc) is 1.97. The summed E-state index contributed by atoms with van der Waals surface area (Å²) in [4.78, 5) is 14.3. The molecule has 3 nitrogen and oxygen atoms in total. The smallest absolute Gasteiger partial charge is 0.303 e. The summed E-state index contributed by atoms with van der Waals surface area (Å²) < 4.78 is 0. The molecule has 0 aliphatic rings. The van der Waals surface area contributed by atoms with Gasteiger partial charge in [0.05, 0.1) is 0 Å².